The highest BCUT2D eigenvalue weighted by Gasteiger charge is 2.33. The molecule has 0 saturated heterocycles. The summed E-state index contributed by atoms with van der Waals surface area (Å²) in [5.74, 6) is 1.86. The maximum Gasteiger partial charge on any atom is 0.224 e. The monoisotopic (exact) mass is 435 g/mol. The van der Waals surface area contributed by atoms with Crippen LogP contribution in [0.4, 0.5) is 5.69 Å². The van der Waals surface area contributed by atoms with Gasteiger partial charge in [-0.05, 0) is 65.8 Å². The first kappa shape index (κ1) is 24.4. The van der Waals surface area contributed by atoms with Gasteiger partial charge in [-0.15, -0.1) is 0 Å². The third-order valence-electron chi connectivity index (χ3n) is 6.61. The van der Waals surface area contributed by atoms with E-state index in [1.54, 1.807) is 0 Å². The Kier molecular flexibility index (Phi) is 7.37. The van der Waals surface area contributed by atoms with E-state index in [-0.39, 0.29) is 17.2 Å². The van der Waals surface area contributed by atoms with Gasteiger partial charge in [-0.2, -0.15) is 0 Å². The molecular formula is C29H41NO2. The van der Waals surface area contributed by atoms with Crippen LogP contribution >= 0.6 is 0 Å². The Morgan fingerprint density at radius 2 is 1.78 bits per heavy atom. The lowest BCUT2D eigenvalue weighted by atomic mass is 9.84. The zero-order valence-corrected chi connectivity index (χ0v) is 21.3. The molecular weight excluding hydrogens is 394 g/mol. The maximum atomic E-state index is 12.9. The summed E-state index contributed by atoms with van der Waals surface area (Å²) in [6.07, 6.45) is 3.73. The molecule has 1 heterocycles. The minimum absolute atomic E-state index is 0.0442. The van der Waals surface area contributed by atoms with Crippen molar-refractivity contribution >= 4 is 11.6 Å². The molecule has 0 bridgehead atoms. The fraction of sp³-hybridized carbons (Fsp3) is 0.552. The van der Waals surface area contributed by atoms with Gasteiger partial charge in [-0.3, -0.25) is 4.79 Å². The summed E-state index contributed by atoms with van der Waals surface area (Å²) in [4.78, 5) is 12.9. The highest BCUT2D eigenvalue weighted by Crippen LogP contribution is 2.47. The van der Waals surface area contributed by atoms with Crippen LogP contribution in [0, 0.1) is 19.3 Å². The lowest BCUT2D eigenvalue weighted by Crippen LogP contribution is -2.21. The number of anilines is 1. The predicted octanol–water partition coefficient (Wildman–Crippen LogP) is 7.67. The average molecular weight is 436 g/mol. The van der Waals surface area contributed by atoms with Crippen molar-refractivity contribution in [3.8, 4) is 5.75 Å². The van der Waals surface area contributed by atoms with E-state index in [1.165, 1.54) is 22.3 Å². The molecule has 0 aliphatic carbocycles. The quantitative estimate of drug-likeness (QED) is 0.484. The van der Waals surface area contributed by atoms with E-state index >= 15 is 0 Å². The average Bonchev–Trinajstić information content (AvgIpc) is 3.15. The number of hydrogen-bond donors (Lipinski definition) is 1. The second-order valence-corrected chi connectivity index (χ2v) is 10.9. The molecule has 1 aliphatic heterocycles. The SMILES string of the molecule is CCCCc1c(C)c(NC(=O)CC(C)(C)C)c(C)c2c1OCC2c1ccc(C(C)C)cc1. The van der Waals surface area contributed by atoms with Crippen molar-refractivity contribution < 1.29 is 9.53 Å². The van der Waals surface area contributed by atoms with E-state index < -0.39 is 0 Å². The van der Waals surface area contributed by atoms with Crippen LogP contribution in [0.15, 0.2) is 24.3 Å². The Bertz CT molecular complexity index is 964. The summed E-state index contributed by atoms with van der Waals surface area (Å²) >= 11 is 0. The number of hydrogen-bond acceptors (Lipinski definition) is 2. The molecule has 0 radical (unpaired) electrons. The van der Waals surface area contributed by atoms with Crippen molar-refractivity contribution in [3.05, 3.63) is 57.6 Å². The molecule has 3 nitrogen and oxygen atoms in total. The molecule has 3 rings (SSSR count). The van der Waals surface area contributed by atoms with E-state index in [1.807, 2.05) is 0 Å². The largest absolute Gasteiger partial charge is 0.492 e. The van der Waals surface area contributed by atoms with Crippen molar-refractivity contribution in [1.29, 1.82) is 0 Å². The maximum absolute atomic E-state index is 12.9. The number of amides is 1. The van der Waals surface area contributed by atoms with Gasteiger partial charge in [0.05, 0.1) is 6.61 Å². The molecule has 1 amide bonds. The smallest absolute Gasteiger partial charge is 0.224 e. The number of ether oxygens (including phenoxy) is 1. The van der Waals surface area contributed by atoms with Gasteiger partial charge in [0, 0.05) is 23.6 Å². The number of carbonyl (C=O) groups is 1. The normalized spacial score (nSPS) is 15.6. The lowest BCUT2D eigenvalue weighted by Gasteiger charge is -2.23. The first-order chi connectivity index (χ1) is 15.0. The fourth-order valence-corrected chi connectivity index (χ4v) is 4.79. The van der Waals surface area contributed by atoms with Crippen LogP contribution in [0.3, 0.4) is 0 Å². The molecule has 1 N–H and O–H groups in total. The van der Waals surface area contributed by atoms with Crippen LogP contribution in [-0.4, -0.2) is 12.5 Å². The molecule has 2 aromatic rings. The Morgan fingerprint density at radius 1 is 1.12 bits per heavy atom. The summed E-state index contributed by atoms with van der Waals surface area (Å²) in [7, 11) is 0. The highest BCUT2D eigenvalue weighted by molar-refractivity contribution is 5.93. The topological polar surface area (TPSA) is 38.3 Å². The number of carbonyl (C=O) groups excluding carboxylic acids is 1. The predicted molar refractivity (Wildman–Crippen MR) is 135 cm³/mol. The summed E-state index contributed by atoms with van der Waals surface area (Å²) < 4.78 is 6.36. The zero-order valence-electron chi connectivity index (χ0n) is 21.3. The molecule has 174 valence electrons. The molecule has 0 aromatic heterocycles. The molecule has 3 heteroatoms. The molecule has 0 fully saturated rings. The minimum atomic E-state index is -0.0442. The lowest BCUT2D eigenvalue weighted by molar-refractivity contribution is -0.117. The van der Waals surface area contributed by atoms with Crippen molar-refractivity contribution in [1.82, 2.24) is 0 Å². The Balaban J connectivity index is 2.07. The summed E-state index contributed by atoms with van der Waals surface area (Å²) in [5.41, 5.74) is 8.41. The van der Waals surface area contributed by atoms with Gasteiger partial charge in [-0.1, -0.05) is 72.2 Å². The Labute approximate surface area is 195 Å². The third-order valence-corrected chi connectivity index (χ3v) is 6.61. The van der Waals surface area contributed by atoms with Crippen LogP contribution in [0.5, 0.6) is 5.75 Å². The number of unbranched alkanes of at least 4 members (excludes halogenated alkanes) is 1. The van der Waals surface area contributed by atoms with Gasteiger partial charge in [-0.25, -0.2) is 0 Å². The van der Waals surface area contributed by atoms with Gasteiger partial charge in [0.25, 0.3) is 0 Å². The van der Waals surface area contributed by atoms with Crippen molar-refractivity contribution in [2.75, 3.05) is 11.9 Å². The van der Waals surface area contributed by atoms with E-state index in [0.717, 1.165) is 41.8 Å². The minimum Gasteiger partial charge on any atom is -0.492 e. The second kappa shape index (κ2) is 9.68. The number of rotatable bonds is 7. The molecule has 1 atom stereocenters. The number of fused-ring (bicyclic) bond motifs is 1. The molecule has 0 saturated carbocycles. The van der Waals surface area contributed by atoms with Crippen molar-refractivity contribution in [2.24, 2.45) is 5.41 Å². The summed E-state index contributed by atoms with van der Waals surface area (Å²) in [6.45, 7) is 17.9. The third kappa shape index (κ3) is 5.19. The molecule has 0 spiro atoms. The fourth-order valence-electron chi connectivity index (χ4n) is 4.79. The van der Waals surface area contributed by atoms with Gasteiger partial charge in [0.2, 0.25) is 5.91 Å². The van der Waals surface area contributed by atoms with E-state index in [9.17, 15) is 4.79 Å². The molecule has 1 unspecified atom stereocenters. The number of benzene rings is 2. The van der Waals surface area contributed by atoms with E-state index in [4.69, 9.17) is 4.74 Å². The molecule has 1 aliphatic rings. The van der Waals surface area contributed by atoms with Crippen LogP contribution in [0.2, 0.25) is 0 Å². The standard InChI is InChI=1S/C29H41NO2/c1-9-10-11-23-19(4)27(30-25(31)16-29(6,7)8)20(5)26-24(17-32-28(23)26)22-14-12-21(13-15-22)18(2)3/h12-15,18,24H,9-11,16-17H2,1-8H3,(H,30,31). The summed E-state index contributed by atoms with van der Waals surface area (Å²) in [5, 5.41) is 3.28. The first-order valence-corrected chi connectivity index (χ1v) is 12.2. The molecule has 32 heavy (non-hydrogen) atoms. The van der Waals surface area contributed by atoms with Crippen molar-refractivity contribution in [3.63, 3.8) is 0 Å². The van der Waals surface area contributed by atoms with Gasteiger partial charge >= 0.3 is 0 Å². The van der Waals surface area contributed by atoms with Gasteiger partial charge in [0.15, 0.2) is 0 Å². The van der Waals surface area contributed by atoms with E-state index in [0.29, 0.717) is 18.9 Å². The first-order valence-electron chi connectivity index (χ1n) is 12.2. The second-order valence-electron chi connectivity index (χ2n) is 10.9. The van der Waals surface area contributed by atoms with Crippen LogP contribution < -0.4 is 10.1 Å². The Morgan fingerprint density at radius 3 is 2.34 bits per heavy atom. The number of nitrogens with one attached hydrogen (secondary N) is 1. The van der Waals surface area contributed by atoms with Crippen molar-refractivity contribution in [2.45, 2.75) is 92.9 Å². The van der Waals surface area contributed by atoms with Crippen LogP contribution in [0.25, 0.3) is 0 Å². The van der Waals surface area contributed by atoms with E-state index in [2.05, 4.69) is 85.0 Å². The molecule has 2 aromatic carbocycles. The summed E-state index contributed by atoms with van der Waals surface area (Å²) in [6, 6.07) is 8.99. The van der Waals surface area contributed by atoms with Crippen LogP contribution in [-0.2, 0) is 11.2 Å². The highest BCUT2D eigenvalue weighted by atomic mass is 16.5. The van der Waals surface area contributed by atoms with Gasteiger partial charge < -0.3 is 10.1 Å². The zero-order chi connectivity index (χ0) is 23.6. The Hall–Kier alpha value is -2.29. The van der Waals surface area contributed by atoms with Crippen LogP contribution in [0.1, 0.15) is 106 Å². The van der Waals surface area contributed by atoms with Gasteiger partial charge in [0.1, 0.15) is 5.75 Å².